The SMILES string of the molecule is CCCCC(C(=O)OC)c1ccc(Cl)c(OC)c1. The van der Waals surface area contributed by atoms with Gasteiger partial charge in [-0.05, 0) is 24.1 Å². The molecule has 0 fully saturated rings. The van der Waals surface area contributed by atoms with Crippen LogP contribution in [0.1, 0.15) is 37.7 Å². The lowest BCUT2D eigenvalue weighted by Crippen LogP contribution is -2.14. The number of methoxy groups -OCH3 is 2. The van der Waals surface area contributed by atoms with Crippen molar-refractivity contribution in [2.75, 3.05) is 14.2 Å². The fraction of sp³-hybridized carbons (Fsp3) is 0.500. The minimum absolute atomic E-state index is 0.215. The summed E-state index contributed by atoms with van der Waals surface area (Å²) in [5.41, 5.74) is 0.886. The van der Waals surface area contributed by atoms with E-state index in [0.29, 0.717) is 10.8 Å². The van der Waals surface area contributed by atoms with Crippen molar-refractivity contribution in [1.29, 1.82) is 0 Å². The molecule has 3 nitrogen and oxygen atoms in total. The van der Waals surface area contributed by atoms with Gasteiger partial charge in [0.1, 0.15) is 5.75 Å². The largest absolute Gasteiger partial charge is 0.495 e. The summed E-state index contributed by atoms with van der Waals surface area (Å²) in [5.74, 6) is 0.119. The van der Waals surface area contributed by atoms with Crippen molar-refractivity contribution in [2.24, 2.45) is 0 Å². The second-order valence-corrected chi connectivity index (χ2v) is 4.52. The number of carbonyl (C=O) groups excluding carboxylic acids is 1. The molecule has 0 aliphatic rings. The third-order valence-electron chi connectivity index (χ3n) is 2.91. The highest BCUT2D eigenvalue weighted by Crippen LogP contribution is 2.31. The van der Waals surface area contributed by atoms with Crippen LogP contribution in [0.4, 0.5) is 0 Å². The van der Waals surface area contributed by atoms with Gasteiger partial charge in [-0.3, -0.25) is 4.79 Å². The summed E-state index contributed by atoms with van der Waals surface area (Å²) >= 11 is 5.98. The highest BCUT2D eigenvalue weighted by Gasteiger charge is 2.21. The number of hydrogen-bond acceptors (Lipinski definition) is 3. The molecule has 0 aliphatic carbocycles. The average Bonchev–Trinajstić information content (AvgIpc) is 2.40. The molecule has 1 aromatic rings. The molecule has 1 unspecified atom stereocenters. The smallest absolute Gasteiger partial charge is 0.313 e. The van der Waals surface area contributed by atoms with E-state index < -0.39 is 0 Å². The van der Waals surface area contributed by atoms with E-state index in [4.69, 9.17) is 21.1 Å². The van der Waals surface area contributed by atoms with Crippen molar-refractivity contribution in [3.63, 3.8) is 0 Å². The number of unbranched alkanes of at least 4 members (excludes halogenated alkanes) is 1. The Morgan fingerprint density at radius 1 is 1.39 bits per heavy atom. The molecule has 0 aromatic heterocycles. The molecule has 0 saturated heterocycles. The van der Waals surface area contributed by atoms with Crippen LogP contribution in [0.3, 0.4) is 0 Å². The number of halogens is 1. The van der Waals surface area contributed by atoms with Crippen LogP contribution in [0.2, 0.25) is 5.02 Å². The molecule has 1 aromatic carbocycles. The van der Waals surface area contributed by atoms with Gasteiger partial charge in [0.05, 0.1) is 25.2 Å². The van der Waals surface area contributed by atoms with E-state index in [2.05, 4.69) is 6.92 Å². The topological polar surface area (TPSA) is 35.5 Å². The third-order valence-corrected chi connectivity index (χ3v) is 3.22. The zero-order chi connectivity index (χ0) is 13.5. The van der Waals surface area contributed by atoms with Gasteiger partial charge in [0.25, 0.3) is 0 Å². The number of hydrogen-bond donors (Lipinski definition) is 0. The van der Waals surface area contributed by atoms with Crippen LogP contribution in [0.5, 0.6) is 5.75 Å². The molecular formula is C14H19ClO3. The van der Waals surface area contributed by atoms with Gasteiger partial charge in [0, 0.05) is 0 Å². The fourth-order valence-electron chi connectivity index (χ4n) is 1.86. The Kier molecular flexibility index (Phi) is 5.99. The lowest BCUT2D eigenvalue weighted by molar-refractivity contribution is -0.142. The van der Waals surface area contributed by atoms with E-state index in [9.17, 15) is 4.79 Å². The average molecular weight is 271 g/mol. The maximum absolute atomic E-state index is 11.8. The van der Waals surface area contributed by atoms with Gasteiger partial charge in [0.2, 0.25) is 0 Å². The predicted octanol–water partition coefficient (Wildman–Crippen LogP) is 3.80. The van der Waals surface area contributed by atoms with Crippen LogP contribution in [0, 0.1) is 0 Å². The highest BCUT2D eigenvalue weighted by atomic mass is 35.5. The summed E-state index contributed by atoms with van der Waals surface area (Å²) in [6, 6.07) is 5.40. The monoisotopic (exact) mass is 270 g/mol. The van der Waals surface area contributed by atoms with Crippen LogP contribution in [-0.4, -0.2) is 20.2 Å². The first-order valence-electron chi connectivity index (χ1n) is 6.05. The van der Waals surface area contributed by atoms with Gasteiger partial charge >= 0.3 is 5.97 Å². The van der Waals surface area contributed by atoms with Crippen molar-refractivity contribution in [3.8, 4) is 5.75 Å². The molecule has 0 saturated carbocycles. The van der Waals surface area contributed by atoms with E-state index in [1.165, 1.54) is 7.11 Å². The third kappa shape index (κ3) is 3.64. The fourth-order valence-corrected chi connectivity index (χ4v) is 2.06. The van der Waals surface area contributed by atoms with E-state index in [1.807, 2.05) is 6.07 Å². The molecule has 18 heavy (non-hydrogen) atoms. The number of rotatable bonds is 6. The van der Waals surface area contributed by atoms with Crippen LogP contribution < -0.4 is 4.74 Å². The van der Waals surface area contributed by atoms with Gasteiger partial charge in [-0.1, -0.05) is 37.4 Å². The van der Waals surface area contributed by atoms with Crippen LogP contribution >= 0.6 is 11.6 Å². The van der Waals surface area contributed by atoms with Gasteiger partial charge < -0.3 is 9.47 Å². The van der Waals surface area contributed by atoms with E-state index >= 15 is 0 Å². The highest BCUT2D eigenvalue weighted by molar-refractivity contribution is 6.32. The molecule has 0 radical (unpaired) electrons. The molecule has 0 heterocycles. The first-order chi connectivity index (χ1) is 8.63. The van der Waals surface area contributed by atoms with Crippen molar-refractivity contribution in [2.45, 2.75) is 32.1 Å². The summed E-state index contributed by atoms with van der Waals surface area (Å²) in [7, 11) is 2.97. The van der Waals surface area contributed by atoms with Gasteiger partial charge in [0.15, 0.2) is 0 Å². The molecule has 0 aliphatic heterocycles. The van der Waals surface area contributed by atoms with Crippen LogP contribution in [0.25, 0.3) is 0 Å². The zero-order valence-corrected chi connectivity index (χ0v) is 11.8. The Bertz CT molecular complexity index is 404. The maximum atomic E-state index is 11.8. The van der Waals surface area contributed by atoms with Crippen molar-refractivity contribution >= 4 is 17.6 Å². The summed E-state index contributed by atoms with van der Waals surface area (Å²) < 4.78 is 10.0. The molecule has 0 N–H and O–H groups in total. The molecular weight excluding hydrogens is 252 g/mol. The Hall–Kier alpha value is -1.22. The van der Waals surface area contributed by atoms with E-state index in [0.717, 1.165) is 24.8 Å². The molecule has 1 rings (SSSR count). The lowest BCUT2D eigenvalue weighted by Gasteiger charge is -2.16. The molecule has 0 spiro atoms. The second kappa shape index (κ2) is 7.27. The van der Waals surface area contributed by atoms with Crippen molar-refractivity contribution in [3.05, 3.63) is 28.8 Å². The number of esters is 1. The minimum Gasteiger partial charge on any atom is -0.495 e. The molecule has 0 amide bonds. The first-order valence-corrected chi connectivity index (χ1v) is 6.43. The van der Waals surface area contributed by atoms with Crippen molar-refractivity contribution in [1.82, 2.24) is 0 Å². The molecule has 100 valence electrons. The van der Waals surface area contributed by atoms with E-state index in [1.54, 1.807) is 19.2 Å². The Balaban J connectivity index is 3.00. The van der Waals surface area contributed by atoms with Gasteiger partial charge in [-0.15, -0.1) is 0 Å². The summed E-state index contributed by atoms with van der Waals surface area (Å²) in [4.78, 5) is 11.8. The van der Waals surface area contributed by atoms with Crippen molar-refractivity contribution < 1.29 is 14.3 Å². The Morgan fingerprint density at radius 2 is 2.11 bits per heavy atom. The predicted molar refractivity (Wildman–Crippen MR) is 72.3 cm³/mol. The molecule has 4 heteroatoms. The Morgan fingerprint density at radius 3 is 2.67 bits per heavy atom. The quantitative estimate of drug-likeness (QED) is 0.738. The van der Waals surface area contributed by atoms with Gasteiger partial charge in [-0.2, -0.15) is 0 Å². The zero-order valence-electron chi connectivity index (χ0n) is 11.0. The first kappa shape index (κ1) is 14.8. The Labute approximate surface area is 113 Å². The summed E-state index contributed by atoms with van der Waals surface area (Å²) in [5, 5.41) is 0.542. The number of ether oxygens (including phenoxy) is 2. The normalized spacial score (nSPS) is 12.0. The molecule has 0 bridgehead atoms. The summed E-state index contributed by atoms with van der Waals surface area (Å²) in [6.07, 6.45) is 2.79. The summed E-state index contributed by atoms with van der Waals surface area (Å²) in [6.45, 7) is 2.09. The standard InChI is InChI=1S/C14H19ClO3/c1-4-5-6-11(14(16)18-3)10-7-8-12(15)13(9-10)17-2/h7-9,11H,4-6H2,1-3H3. The maximum Gasteiger partial charge on any atom is 0.313 e. The number of carbonyl (C=O) groups is 1. The van der Waals surface area contributed by atoms with Gasteiger partial charge in [-0.25, -0.2) is 0 Å². The van der Waals surface area contributed by atoms with Crippen LogP contribution in [-0.2, 0) is 9.53 Å². The number of benzene rings is 1. The molecule has 1 atom stereocenters. The van der Waals surface area contributed by atoms with Crippen LogP contribution in [0.15, 0.2) is 18.2 Å². The van der Waals surface area contributed by atoms with E-state index in [-0.39, 0.29) is 11.9 Å². The minimum atomic E-state index is -0.249. The second-order valence-electron chi connectivity index (χ2n) is 4.11. The lowest BCUT2D eigenvalue weighted by atomic mass is 9.93.